The fourth-order valence-electron chi connectivity index (χ4n) is 1.90. The van der Waals surface area contributed by atoms with Gasteiger partial charge in [0, 0.05) is 16.8 Å². The maximum atomic E-state index is 4.41. The maximum Gasteiger partial charge on any atom is 0.197 e. The lowest BCUT2D eigenvalue weighted by Crippen LogP contribution is -1.96. The summed E-state index contributed by atoms with van der Waals surface area (Å²) in [5, 5.41) is 11.0. The van der Waals surface area contributed by atoms with Gasteiger partial charge in [0.1, 0.15) is 22.5 Å². The number of fused-ring (bicyclic) bond motifs is 1. The molecular formula is C13H13N5S2. The van der Waals surface area contributed by atoms with E-state index in [1.165, 1.54) is 22.2 Å². The average molecular weight is 303 g/mol. The first-order chi connectivity index (χ1) is 9.70. The lowest BCUT2D eigenvalue weighted by Gasteiger charge is -2.04. The van der Waals surface area contributed by atoms with Crippen molar-refractivity contribution in [3.05, 3.63) is 35.8 Å². The number of nitrogens with zero attached hydrogens (tertiary/aromatic N) is 5. The fourth-order valence-corrected chi connectivity index (χ4v) is 3.91. The molecule has 102 valence electrons. The molecule has 0 unspecified atom stereocenters. The zero-order valence-electron chi connectivity index (χ0n) is 11.2. The second-order valence-electron chi connectivity index (χ2n) is 4.30. The molecule has 0 aliphatic carbocycles. The van der Waals surface area contributed by atoms with Crippen LogP contribution >= 0.6 is 23.1 Å². The minimum absolute atomic E-state index is 0.686. The van der Waals surface area contributed by atoms with Crippen LogP contribution in [0.5, 0.6) is 0 Å². The molecule has 0 aromatic carbocycles. The molecule has 0 amide bonds. The lowest BCUT2D eigenvalue weighted by atomic mass is 10.2. The van der Waals surface area contributed by atoms with Crippen LogP contribution in [0.25, 0.3) is 10.2 Å². The van der Waals surface area contributed by atoms with E-state index in [0.29, 0.717) is 6.54 Å². The summed E-state index contributed by atoms with van der Waals surface area (Å²) >= 11 is 3.21. The van der Waals surface area contributed by atoms with E-state index in [0.717, 1.165) is 20.4 Å². The number of aromatic nitrogens is 5. The van der Waals surface area contributed by atoms with Crippen LogP contribution in [0.4, 0.5) is 0 Å². The van der Waals surface area contributed by atoms with Crippen LogP contribution in [0.2, 0.25) is 0 Å². The van der Waals surface area contributed by atoms with Crippen molar-refractivity contribution in [2.75, 3.05) is 0 Å². The van der Waals surface area contributed by atoms with E-state index in [1.54, 1.807) is 24.0 Å². The molecule has 0 radical (unpaired) electrons. The number of hydrogen-bond acceptors (Lipinski definition) is 6. The molecule has 0 saturated carbocycles. The van der Waals surface area contributed by atoms with Crippen LogP contribution in [0, 0.1) is 13.8 Å². The first kappa shape index (κ1) is 13.3. The predicted molar refractivity (Wildman–Crippen MR) is 81.2 cm³/mol. The van der Waals surface area contributed by atoms with Crippen LogP contribution < -0.4 is 0 Å². The lowest BCUT2D eigenvalue weighted by molar-refractivity contribution is 0.724. The summed E-state index contributed by atoms with van der Waals surface area (Å²) in [6, 6.07) is 0. The Kier molecular flexibility index (Phi) is 3.54. The highest BCUT2D eigenvalue weighted by Crippen LogP contribution is 2.36. The molecular weight excluding hydrogens is 290 g/mol. The second kappa shape index (κ2) is 5.34. The van der Waals surface area contributed by atoms with Gasteiger partial charge in [0.15, 0.2) is 5.16 Å². The van der Waals surface area contributed by atoms with Gasteiger partial charge in [-0.2, -0.15) is 0 Å². The number of rotatable bonds is 4. The standard InChI is InChI=1S/C13H13N5S2/c1-4-5-18-7-16-17-13(18)20-12-10-8(2)9(3)19-11(10)14-6-15-12/h4,6-7H,1,5H2,2-3H3. The Balaban J connectivity index is 2.06. The SMILES string of the molecule is C=CCn1cnnc1Sc1ncnc2sc(C)c(C)c12. The van der Waals surface area contributed by atoms with Crippen molar-refractivity contribution in [3.63, 3.8) is 0 Å². The Morgan fingerprint density at radius 2 is 2.25 bits per heavy atom. The minimum Gasteiger partial charge on any atom is -0.304 e. The normalized spacial score (nSPS) is 11.1. The third-order valence-corrected chi connectivity index (χ3v) is 5.14. The highest BCUT2D eigenvalue weighted by molar-refractivity contribution is 7.99. The van der Waals surface area contributed by atoms with Gasteiger partial charge in [-0.1, -0.05) is 6.08 Å². The summed E-state index contributed by atoms with van der Waals surface area (Å²) in [6.07, 6.45) is 5.13. The van der Waals surface area contributed by atoms with Crippen LogP contribution in [0.3, 0.4) is 0 Å². The van der Waals surface area contributed by atoms with Gasteiger partial charge in [0.05, 0.1) is 0 Å². The summed E-state index contributed by atoms with van der Waals surface area (Å²) in [4.78, 5) is 11.0. The van der Waals surface area contributed by atoms with Crippen LogP contribution in [-0.4, -0.2) is 24.7 Å². The monoisotopic (exact) mass is 303 g/mol. The van der Waals surface area contributed by atoms with Gasteiger partial charge in [-0.05, 0) is 31.2 Å². The Morgan fingerprint density at radius 1 is 1.40 bits per heavy atom. The third kappa shape index (κ3) is 2.23. The number of hydrogen-bond donors (Lipinski definition) is 0. The van der Waals surface area contributed by atoms with Gasteiger partial charge in [0.25, 0.3) is 0 Å². The molecule has 3 aromatic rings. The zero-order valence-corrected chi connectivity index (χ0v) is 12.8. The number of allylic oxidation sites excluding steroid dienone is 1. The third-order valence-electron chi connectivity index (χ3n) is 3.02. The molecule has 0 fully saturated rings. The van der Waals surface area contributed by atoms with E-state index in [2.05, 4.69) is 40.6 Å². The van der Waals surface area contributed by atoms with E-state index in [4.69, 9.17) is 0 Å². The molecule has 3 heterocycles. The quantitative estimate of drug-likeness (QED) is 0.547. The molecule has 0 atom stereocenters. The van der Waals surface area contributed by atoms with Crippen LogP contribution in [0.1, 0.15) is 10.4 Å². The molecule has 7 heteroatoms. The van der Waals surface area contributed by atoms with Crippen molar-refractivity contribution in [1.29, 1.82) is 0 Å². The fraction of sp³-hybridized carbons (Fsp3) is 0.231. The first-order valence-electron chi connectivity index (χ1n) is 6.08. The van der Waals surface area contributed by atoms with Crippen LogP contribution in [-0.2, 0) is 6.54 Å². The van der Waals surface area contributed by atoms with E-state index in [-0.39, 0.29) is 0 Å². The summed E-state index contributed by atoms with van der Waals surface area (Å²) in [6.45, 7) is 8.64. The molecule has 0 spiro atoms. The molecule has 0 saturated heterocycles. The van der Waals surface area contributed by atoms with E-state index >= 15 is 0 Å². The van der Waals surface area contributed by atoms with Gasteiger partial charge >= 0.3 is 0 Å². The van der Waals surface area contributed by atoms with Gasteiger partial charge in [-0.25, -0.2) is 9.97 Å². The highest BCUT2D eigenvalue weighted by Gasteiger charge is 2.15. The molecule has 3 rings (SSSR count). The molecule has 5 nitrogen and oxygen atoms in total. The molecule has 20 heavy (non-hydrogen) atoms. The zero-order chi connectivity index (χ0) is 14.1. The van der Waals surface area contributed by atoms with Crippen LogP contribution in [0.15, 0.2) is 35.5 Å². The number of thiophene rings is 1. The van der Waals surface area contributed by atoms with Gasteiger partial charge in [0.2, 0.25) is 0 Å². The maximum absolute atomic E-state index is 4.41. The van der Waals surface area contributed by atoms with Crippen molar-refractivity contribution in [3.8, 4) is 0 Å². The molecule has 0 bridgehead atoms. The van der Waals surface area contributed by atoms with Gasteiger partial charge in [-0.15, -0.1) is 28.1 Å². The second-order valence-corrected chi connectivity index (χ2v) is 6.46. The summed E-state index contributed by atoms with van der Waals surface area (Å²) in [7, 11) is 0. The minimum atomic E-state index is 0.686. The predicted octanol–water partition coefficient (Wildman–Crippen LogP) is 3.24. The Labute approximate surface area is 124 Å². The van der Waals surface area contributed by atoms with Crippen molar-refractivity contribution >= 4 is 33.3 Å². The van der Waals surface area contributed by atoms with E-state index in [1.807, 2.05) is 10.6 Å². The van der Waals surface area contributed by atoms with Crippen molar-refractivity contribution in [2.24, 2.45) is 0 Å². The topological polar surface area (TPSA) is 56.5 Å². The van der Waals surface area contributed by atoms with Crippen molar-refractivity contribution in [1.82, 2.24) is 24.7 Å². The molecule has 0 aliphatic heterocycles. The summed E-state index contributed by atoms with van der Waals surface area (Å²) < 4.78 is 1.94. The Morgan fingerprint density at radius 3 is 3.05 bits per heavy atom. The van der Waals surface area contributed by atoms with Gasteiger partial charge < -0.3 is 4.57 Å². The van der Waals surface area contributed by atoms with Gasteiger partial charge in [-0.3, -0.25) is 0 Å². The van der Waals surface area contributed by atoms with Crippen molar-refractivity contribution < 1.29 is 0 Å². The van der Waals surface area contributed by atoms with E-state index in [9.17, 15) is 0 Å². The smallest absolute Gasteiger partial charge is 0.197 e. The average Bonchev–Trinajstić information content (AvgIpc) is 2.97. The molecule has 0 N–H and O–H groups in total. The Hall–Kier alpha value is -1.73. The Bertz CT molecular complexity index is 774. The largest absolute Gasteiger partial charge is 0.304 e. The van der Waals surface area contributed by atoms with E-state index < -0.39 is 0 Å². The summed E-state index contributed by atoms with van der Waals surface area (Å²) in [5.74, 6) is 0. The molecule has 0 aliphatic rings. The first-order valence-corrected chi connectivity index (χ1v) is 7.71. The van der Waals surface area contributed by atoms with Crippen molar-refractivity contribution in [2.45, 2.75) is 30.6 Å². The molecule has 3 aromatic heterocycles. The highest BCUT2D eigenvalue weighted by atomic mass is 32.2. The number of aryl methyl sites for hydroxylation is 2. The summed E-state index contributed by atoms with van der Waals surface area (Å²) in [5.41, 5.74) is 1.24.